The normalized spacial score (nSPS) is 21.9. The highest BCUT2D eigenvalue weighted by atomic mass is 31.1. The molecule has 9 nitrogen and oxygen atoms in total. The van der Waals surface area contributed by atoms with Gasteiger partial charge in [0.25, 0.3) is 0 Å². The van der Waals surface area contributed by atoms with Crippen molar-refractivity contribution in [3.05, 3.63) is 0 Å². The first kappa shape index (κ1) is 11.9. The zero-order chi connectivity index (χ0) is 13.4. The number of hydrogen-bond acceptors (Lipinski definition) is 6. The highest BCUT2D eigenvalue weighted by molar-refractivity contribution is 8.02. The molecule has 0 N–H and O–H groups in total. The van der Waals surface area contributed by atoms with E-state index < -0.39 is 26.2 Å². The van der Waals surface area contributed by atoms with E-state index in [0.29, 0.717) is 16.4 Å². The number of cyclic esters (lactones) is 3. The van der Waals surface area contributed by atoms with Gasteiger partial charge in [-0.1, -0.05) is 0 Å². The van der Waals surface area contributed by atoms with Gasteiger partial charge >= 0.3 is 18.3 Å². The molecule has 3 aliphatic heterocycles. The van der Waals surface area contributed by atoms with E-state index in [0.717, 1.165) is 0 Å². The molecule has 10 heteroatoms. The smallest absolute Gasteiger partial charge is 0.434 e. The lowest BCUT2D eigenvalue weighted by atomic mass is 10.8. The van der Waals surface area contributed by atoms with Crippen molar-refractivity contribution in [2.75, 3.05) is 19.8 Å². The Morgan fingerprint density at radius 1 is 0.684 bits per heavy atom. The largest absolute Gasteiger partial charge is 0.441 e. The third-order valence-corrected chi connectivity index (χ3v) is 4.65. The van der Waals surface area contributed by atoms with Crippen molar-refractivity contribution in [2.45, 2.75) is 0 Å². The second kappa shape index (κ2) is 4.51. The summed E-state index contributed by atoms with van der Waals surface area (Å²) < 4.78 is 14.2. The lowest BCUT2D eigenvalue weighted by Gasteiger charge is -2.13. The maximum atomic E-state index is 11.0. The molecule has 3 aliphatic rings. The highest BCUT2D eigenvalue weighted by Crippen LogP contribution is 2.45. The van der Waals surface area contributed by atoms with Crippen LogP contribution in [0, 0.1) is 0 Å². The number of carbonyl (C=O) groups is 3. The first-order valence-electron chi connectivity index (χ1n) is 5.16. The Balaban J connectivity index is 1.96. The summed E-state index contributed by atoms with van der Waals surface area (Å²) in [5, 5.41) is 0. The fraction of sp³-hybridized carbons (Fsp3) is 0.333. The van der Waals surface area contributed by atoms with E-state index in [9.17, 15) is 14.4 Å². The maximum absolute atomic E-state index is 11.0. The molecule has 0 saturated heterocycles. The van der Waals surface area contributed by atoms with Gasteiger partial charge in [-0.2, -0.15) is 15.0 Å². The number of nitrogens with zero attached hydrogens (tertiary/aromatic N) is 3. The van der Waals surface area contributed by atoms with Crippen molar-refractivity contribution in [1.29, 1.82) is 0 Å². The van der Waals surface area contributed by atoms with Gasteiger partial charge in [-0.3, -0.25) is 0 Å². The standard InChI is InChI=1S/C9H6N3O6P/c13-7-10-4(1-16-7)19(5-2-17-8(14)11-5)6-3-18-9(15)12-6/h1-3H2. The number of amides is 3. The van der Waals surface area contributed by atoms with Gasteiger partial charge in [-0.25, -0.2) is 14.4 Å². The third kappa shape index (κ3) is 2.24. The molecule has 0 atom stereocenters. The molecule has 3 heterocycles. The van der Waals surface area contributed by atoms with Crippen molar-refractivity contribution in [1.82, 2.24) is 0 Å². The summed E-state index contributed by atoms with van der Waals surface area (Å²) in [6.07, 6.45) is -2.13. The van der Waals surface area contributed by atoms with Crippen molar-refractivity contribution in [2.24, 2.45) is 15.0 Å². The average molecular weight is 283 g/mol. The molecule has 98 valence electrons. The molecular formula is C9H6N3O6P. The van der Waals surface area contributed by atoms with Crippen LogP contribution in [0.5, 0.6) is 0 Å². The number of carbonyl (C=O) groups excluding carboxylic acids is 3. The summed E-state index contributed by atoms with van der Waals surface area (Å²) in [6.45, 7) is -0.0269. The number of rotatable bonds is 3. The van der Waals surface area contributed by atoms with Crippen LogP contribution in [0.1, 0.15) is 0 Å². The first-order valence-corrected chi connectivity index (χ1v) is 6.51. The zero-order valence-electron chi connectivity index (χ0n) is 9.36. The second-order valence-electron chi connectivity index (χ2n) is 3.58. The lowest BCUT2D eigenvalue weighted by Crippen LogP contribution is -2.16. The lowest BCUT2D eigenvalue weighted by molar-refractivity contribution is 0.180. The molecule has 0 aromatic heterocycles. The van der Waals surface area contributed by atoms with Crippen LogP contribution in [-0.2, 0) is 14.2 Å². The molecule has 0 saturated carbocycles. The molecule has 0 aromatic rings. The third-order valence-electron chi connectivity index (χ3n) is 2.41. The predicted octanol–water partition coefficient (Wildman–Crippen LogP) is 1.11. The summed E-state index contributed by atoms with van der Waals surface area (Å²) in [5.41, 5.74) is 1.19. The predicted molar refractivity (Wildman–Crippen MR) is 63.3 cm³/mol. The van der Waals surface area contributed by atoms with Crippen LogP contribution >= 0.6 is 7.92 Å². The van der Waals surface area contributed by atoms with Crippen molar-refractivity contribution >= 4 is 42.6 Å². The minimum atomic E-state index is -1.43. The van der Waals surface area contributed by atoms with Crippen molar-refractivity contribution in [3.63, 3.8) is 0 Å². The highest BCUT2D eigenvalue weighted by Gasteiger charge is 2.37. The molecular weight excluding hydrogens is 277 g/mol. The summed E-state index contributed by atoms with van der Waals surface area (Å²) in [6, 6.07) is 0. The quantitative estimate of drug-likeness (QED) is 0.565. The van der Waals surface area contributed by atoms with Crippen LogP contribution in [0.4, 0.5) is 14.4 Å². The molecule has 0 aromatic carbocycles. The molecule has 3 amide bonds. The Labute approximate surface area is 107 Å². The fourth-order valence-corrected chi connectivity index (χ4v) is 3.70. The molecule has 0 radical (unpaired) electrons. The average Bonchev–Trinajstić information content (AvgIpc) is 3.05. The Morgan fingerprint density at radius 3 is 1.21 bits per heavy atom. The molecule has 3 rings (SSSR count). The van der Waals surface area contributed by atoms with E-state index in [1.165, 1.54) is 0 Å². The van der Waals surface area contributed by atoms with Crippen LogP contribution in [0.3, 0.4) is 0 Å². The van der Waals surface area contributed by atoms with E-state index in [4.69, 9.17) is 14.2 Å². The van der Waals surface area contributed by atoms with E-state index in [1.54, 1.807) is 0 Å². The number of ether oxygens (including phenoxy) is 3. The van der Waals surface area contributed by atoms with Gasteiger partial charge in [0.05, 0.1) is 16.4 Å². The molecule has 0 aliphatic carbocycles. The SMILES string of the molecule is O=C1N=C(P(C2=NC(=O)OC2)C2=NC(=O)OC2)CO1. The van der Waals surface area contributed by atoms with Gasteiger partial charge < -0.3 is 14.2 Å². The molecule has 19 heavy (non-hydrogen) atoms. The number of hydrogen-bond donors (Lipinski definition) is 0. The van der Waals surface area contributed by atoms with Gasteiger partial charge in [0.1, 0.15) is 19.8 Å². The monoisotopic (exact) mass is 283 g/mol. The Morgan fingerprint density at radius 2 is 1.00 bits per heavy atom. The molecule has 0 bridgehead atoms. The van der Waals surface area contributed by atoms with Gasteiger partial charge in [0, 0.05) is 7.92 Å². The van der Waals surface area contributed by atoms with Gasteiger partial charge in [0.2, 0.25) is 0 Å². The molecule has 0 fully saturated rings. The Kier molecular flexibility index (Phi) is 2.83. The molecule has 0 spiro atoms. The van der Waals surface area contributed by atoms with Crippen LogP contribution in [-0.4, -0.2) is 54.5 Å². The number of aliphatic imine (C=N–C) groups is 3. The van der Waals surface area contributed by atoms with Gasteiger partial charge in [-0.05, 0) is 0 Å². The minimum absolute atomic E-state index is 0.00897. The fourth-order valence-electron chi connectivity index (χ4n) is 1.68. The van der Waals surface area contributed by atoms with Crippen LogP contribution < -0.4 is 0 Å². The van der Waals surface area contributed by atoms with Gasteiger partial charge in [-0.15, -0.1) is 0 Å². The summed E-state index contributed by atoms with van der Waals surface area (Å²) in [7, 11) is -1.43. The van der Waals surface area contributed by atoms with E-state index in [1.807, 2.05) is 0 Å². The van der Waals surface area contributed by atoms with E-state index >= 15 is 0 Å². The summed E-state index contributed by atoms with van der Waals surface area (Å²) in [5.74, 6) is 0. The Bertz CT molecular complexity index is 500. The Hall–Kier alpha value is -2.15. The van der Waals surface area contributed by atoms with Gasteiger partial charge in [0.15, 0.2) is 0 Å². The summed E-state index contributed by atoms with van der Waals surface area (Å²) in [4.78, 5) is 44.3. The second-order valence-corrected chi connectivity index (χ2v) is 5.80. The summed E-state index contributed by atoms with van der Waals surface area (Å²) >= 11 is 0. The van der Waals surface area contributed by atoms with Crippen LogP contribution in [0.25, 0.3) is 0 Å². The first-order chi connectivity index (χ1) is 9.13. The zero-order valence-corrected chi connectivity index (χ0v) is 10.3. The van der Waals surface area contributed by atoms with Crippen molar-refractivity contribution in [3.8, 4) is 0 Å². The van der Waals surface area contributed by atoms with E-state index in [2.05, 4.69) is 15.0 Å². The topological polar surface area (TPSA) is 116 Å². The minimum Gasteiger partial charge on any atom is -0.441 e. The van der Waals surface area contributed by atoms with Crippen molar-refractivity contribution < 1.29 is 28.6 Å². The van der Waals surface area contributed by atoms with Crippen LogP contribution in [0.15, 0.2) is 15.0 Å². The van der Waals surface area contributed by atoms with E-state index in [-0.39, 0.29) is 19.8 Å². The maximum Gasteiger partial charge on any atom is 0.434 e. The molecule has 0 unspecified atom stereocenters. The van der Waals surface area contributed by atoms with Crippen LogP contribution in [0.2, 0.25) is 0 Å².